The summed E-state index contributed by atoms with van der Waals surface area (Å²) in [6.07, 6.45) is 6.14. The van der Waals surface area contributed by atoms with Crippen LogP contribution in [0.15, 0.2) is 42.7 Å². The van der Waals surface area contributed by atoms with Gasteiger partial charge in [0.2, 0.25) is 0 Å². The van der Waals surface area contributed by atoms with Gasteiger partial charge >= 0.3 is 0 Å². The molecule has 0 spiro atoms. The van der Waals surface area contributed by atoms with Gasteiger partial charge in [0.05, 0.1) is 20.8 Å². The third kappa shape index (κ3) is 5.44. The van der Waals surface area contributed by atoms with E-state index in [0.717, 1.165) is 43.3 Å². The van der Waals surface area contributed by atoms with Crippen molar-refractivity contribution < 1.29 is 14.2 Å². The first-order chi connectivity index (χ1) is 12.8. The van der Waals surface area contributed by atoms with Gasteiger partial charge in [0.15, 0.2) is 0 Å². The fourth-order valence-corrected chi connectivity index (χ4v) is 3.35. The van der Waals surface area contributed by atoms with Gasteiger partial charge in [-0.3, -0.25) is 9.88 Å². The number of rotatable bonds is 8. The Bertz CT molecular complexity index is 648. The minimum absolute atomic E-state index is 0.587. The number of aromatic nitrogens is 1. The molecule has 0 N–H and O–H groups in total. The summed E-state index contributed by atoms with van der Waals surface area (Å²) in [5.74, 6) is 2.23. The minimum atomic E-state index is 0.587. The number of likely N-dealkylation sites (tertiary alicyclic amines) is 1. The third-order valence-corrected chi connectivity index (χ3v) is 4.87. The molecule has 3 rings (SSSR count). The highest BCUT2D eigenvalue weighted by Crippen LogP contribution is 2.24. The molecule has 1 aromatic heterocycles. The largest absolute Gasteiger partial charge is 0.497 e. The Morgan fingerprint density at radius 2 is 1.77 bits per heavy atom. The van der Waals surface area contributed by atoms with Gasteiger partial charge in [-0.25, -0.2) is 0 Å². The summed E-state index contributed by atoms with van der Waals surface area (Å²) in [6, 6.07) is 10.0. The molecular formula is C21H28N2O3. The molecule has 0 saturated carbocycles. The highest BCUT2D eigenvalue weighted by Gasteiger charge is 2.19. The number of ether oxygens (including phenoxy) is 3. The number of nitrogens with zero attached hydrogens (tertiary/aromatic N) is 2. The van der Waals surface area contributed by atoms with Crippen LogP contribution in [0, 0.1) is 5.92 Å². The molecule has 0 radical (unpaired) electrons. The Hall–Kier alpha value is -2.11. The van der Waals surface area contributed by atoms with Crippen LogP contribution < -0.4 is 9.47 Å². The normalized spacial score (nSPS) is 15.8. The Kier molecular flexibility index (Phi) is 6.86. The average molecular weight is 356 g/mol. The van der Waals surface area contributed by atoms with E-state index < -0.39 is 0 Å². The van der Waals surface area contributed by atoms with Crippen molar-refractivity contribution in [3.05, 3.63) is 53.9 Å². The van der Waals surface area contributed by atoms with Crippen LogP contribution in [-0.2, 0) is 17.9 Å². The first kappa shape index (κ1) is 18.7. The Morgan fingerprint density at radius 1 is 1.04 bits per heavy atom. The van der Waals surface area contributed by atoms with Crippen LogP contribution in [0.3, 0.4) is 0 Å². The Morgan fingerprint density at radius 3 is 2.38 bits per heavy atom. The van der Waals surface area contributed by atoms with Crippen LogP contribution in [0.4, 0.5) is 0 Å². The maximum absolute atomic E-state index is 5.97. The number of methoxy groups -OCH3 is 2. The second kappa shape index (κ2) is 9.55. The molecule has 0 amide bonds. The molecule has 1 aliphatic heterocycles. The average Bonchev–Trinajstić information content (AvgIpc) is 2.70. The van der Waals surface area contributed by atoms with Gasteiger partial charge in [0.25, 0.3) is 0 Å². The zero-order valence-corrected chi connectivity index (χ0v) is 15.7. The van der Waals surface area contributed by atoms with Crippen LogP contribution in [0.5, 0.6) is 11.5 Å². The number of hydrogen-bond acceptors (Lipinski definition) is 5. The molecule has 1 saturated heterocycles. The van der Waals surface area contributed by atoms with Gasteiger partial charge in [-0.05, 0) is 61.2 Å². The zero-order chi connectivity index (χ0) is 18.2. The Labute approximate surface area is 155 Å². The van der Waals surface area contributed by atoms with Crippen molar-refractivity contribution in [1.29, 1.82) is 0 Å². The zero-order valence-electron chi connectivity index (χ0n) is 15.7. The van der Waals surface area contributed by atoms with Crippen LogP contribution in [0.25, 0.3) is 0 Å². The lowest BCUT2D eigenvalue weighted by atomic mass is 9.97. The maximum Gasteiger partial charge on any atom is 0.122 e. The predicted octanol–water partition coefficient (Wildman–Crippen LogP) is 3.53. The van der Waals surface area contributed by atoms with Crippen molar-refractivity contribution >= 4 is 0 Å². The molecule has 0 aliphatic carbocycles. The summed E-state index contributed by atoms with van der Waals surface area (Å²) in [5, 5.41) is 0. The molecular weight excluding hydrogens is 328 g/mol. The van der Waals surface area contributed by atoms with E-state index in [1.165, 1.54) is 18.4 Å². The predicted molar refractivity (Wildman–Crippen MR) is 101 cm³/mol. The second-order valence-electron chi connectivity index (χ2n) is 6.82. The number of hydrogen-bond donors (Lipinski definition) is 0. The molecule has 140 valence electrons. The topological polar surface area (TPSA) is 43.8 Å². The first-order valence-electron chi connectivity index (χ1n) is 9.18. The summed E-state index contributed by atoms with van der Waals surface area (Å²) in [5.41, 5.74) is 2.37. The van der Waals surface area contributed by atoms with Gasteiger partial charge in [0, 0.05) is 31.6 Å². The fraction of sp³-hybridized carbons (Fsp3) is 0.476. The summed E-state index contributed by atoms with van der Waals surface area (Å²) >= 11 is 0. The minimum Gasteiger partial charge on any atom is -0.497 e. The van der Waals surface area contributed by atoms with E-state index in [4.69, 9.17) is 14.2 Å². The van der Waals surface area contributed by atoms with Crippen molar-refractivity contribution in [3.8, 4) is 11.5 Å². The monoisotopic (exact) mass is 356 g/mol. The van der Waals surface area contributed by atoms with Gasteiger partial charge in [-0.2, -0.15) is 0 Å². The van der Waals surface area contributed by atoms with Crippen LogP contribution >= 0.6 is 0 Å². The first-order valence-corrected chi connectivity index (χ1v) is 9.18. The van der Waals surface area contributed by atoms with Gasteiger partial charge in [0.1, 0.15) is 11.5 Å². The number of benzene rings is 1. The van der Waals surface area contributed by atoms with Crippen LogP contribution in [-0.4, -0.2) is 43.8 Å². The summed E-state index contributed by atoms with van der Waals surface area (Å²) < 4.78 is 16.6. The number of piperidine rings is 1. The SMILES string of the molecule is COc1cc(COCC2CCN(Cc3cccnc3)CC2)cc(OC)c1. The van der Waals surface area contributed by atoms with Gasteiger partial charge in [-0.15, -0.1) is 0 Å². The molecule has 5 nitrogen and oxygen atoms in total. The molecule has 0 atom stereocenters. The molecule has 1 fully saturated rings. The maximum atomic E-state index is 5.97. The molecule has 0 unspecified atom stereocenters. The summed E-state index contributed by atoms with van der Waals surface area (Å²) in [4.78, 5) is 6.69. The summed E-state index contributed by atoms with van der Waals surface area (Å²) in [6.45, 7) is 4.63. The highest BCUT2D eigenvalue weighted by molar-refractivity contribution is 5.38. The quantitative estimate of drug-likeness (QED) is 0.724. The number of pyridine rings is 1. The van der Waals surface area contributed by atoms with Gasteiger partial charge < -0.3 is 14.2 Å². The van der Waals surface area contributed by atoms with Crippen molar-refractivity contribution in [2.24, 2.45) is 5.92 Å². The van der Waals surface area contributed by atoms with Crippen LogP contribution in [0.2, 0.25) is 0 Å². The van der Waals surface area contributed by atoms with Gasteiger partial charge in [-0.1, -0.05) is 6.07 Å². The lowest BCUT2D eigenvalue weighted by Crippen LogP contribution is -2.34. The van der Waals surface area contributed by atoms with E-state index >= 15 is 0 Å². The standard InChI is InChI=1S/C21H28N2O3/c1-24-20-10-19(11-21(12-20)25-2)16-26-15-17-5-8-23(9-6-17)14-18-4-3-7-22-13-18/h3-4,7,10-13,17H,5-6,8-9,14-16H2,1-2H3. The second-order valence-corrected chi connectivity index (χ2v) is 6.82. The lowest BCUT2D eigenvalue weighted by molar-refractivity contribution is 0.0560. The smallest absolute Gasteiger partial charge is 0.122 e. The van der Waals surface area contributed by atoms with E-state index in [2.05, 4.69) is 16.0 Å². The van der Waals surface area contributed by atoms with Crippen molar-refractivity contribution in [3.63, 3.8) is 0 Å². The van der Waals surface area contributed by atoms with E-state index in [-0.39, 0.29) is 0 Å². The van der Waals surface area contributed by atoms with E-state index in [9.17, 15) is 0 Å². The molecule has 26 heavy (non-hydrogen) atoms. The van der Waals surface area contributed by atoms with Crippen molar-refractivity contribution in [2.75, 3.05) is 33.9 Å². The summed E-state index contributed by atoms with van der Waals surface area (Å²) in [7, 11) is 3.33. The van der Waals surface area contributed by atoms with E-state index in [1.807, 2.05) is 36.7 Å². The van der Waals surface area contributed by atoms with Crippen molar-refractivity contribution in [2.45, 2.75) is 26.0 Å². The molecule has 5 heteroatoms. The third-order valence-electron chi connectivity index (χ3n) is 4.87. The molecule has 2 aromatic rings. The molecule has 0 bridgehead atoms. The van der Waals surface area contributed by atoms with E-state index in [0.29, 0.717) is 12.5 Å². The van der Waals surface area contributed by atoms with Crippen molar-refractivity contribution in [1.82, 2.24) is 9.88 Å². The highest BCUT2D eigenvalue weighted by atomic mass is 16.5. The van der Waals surface area contributed by atoms with E-state index in [1.54, 1.807) is 14.2 Å². The molecule has 1 aliphatic rings. The lowest BCUT2D eigenvalue weighted by Gasteiger charge is -2.31. The molecule has 1 aromatic carbocycles. The Balaban J connectivity index is 1.40. The molecule has 2 heterocycles. The fourth-order valence-electron chi connectivity index (χ4n) is 3.35. The van der Waals surface area contributed by atoms with Crippen LogP contribution in [0.1, 0.15) is 24.0 Å².